The van der Waals surface area contributed by atoms with E-state index in [1.165, 1.54) is 17.7 Å². The number of hydrogen-bond donors (Lipinski definition) is 2. The van der Waals surface area contributed by atoms with Gasteiger partial charge in [-0.05, 0) is 37.1 Å². The van der Waals surface area contributed by atoms with Gasteiger partial charge >= 0.3 is 0 Å². The zero-order valence-corrected chi connectivity index (χ0v) is 10.9. The van der Waals surface area contributed by atoms with Crippen LogP contribution in [0.5, 0.6) is 0 Å². The quantitative estimate of drug-likeness (QED) is 0.794. The number of hydrogen-bond acceptors (Lipinski definition) is 2. The van der Waals surface area contributed by atoms with E-state index in [9.17, 15) is 9.18 Å². The summed E-state index contributed by atoms with van der Waals surface area (Å²) in [6, 6.07) is 6.04. The van der Waals surface area contributed by atoms with Crippen LogP contribution in [0.2, 0.25) is 0 Å². The van der Waals surface area contributed by atoms with E-state index in [1.807, 2.05) is 0 Å². The first-order chi connectivity index (χ1) is 9.24. The lowest BCUT2D eigenvalue weighted by Gasteiger charge is -2.14. The Kier molecular flexibility index (Phi) is 5.10. The maximum atomic E-state index is 12.7. The van der Waals surface area contributed by atoms with Gasteiger partial charge in [0.2, 0.25) is 5.91 Å². The Morgan fingerprint density at radius 2 is 2.11 bits per heavy atom. The average Bonchev–Trinajstić information content (AvgIpc) is 2.43. The molecule has 2 rings (SSSR count). The van der Waals surface area contributed by atoms with Crippen LogP contribution in [0.1, 0.15) is 18.4 Å². The number of nitrogens with one attached hydrogen (secondary N) is 2. The predicted octanol–water partition coefficient (Wildman–Crippen LogP) is 1.79. The van der Waals surface area contributed by atoms with Crippen molar-refractivity contribution in [3.05, 3.63) is 47.3 Å². The first kappa shape index (κ1) is 13.7. The van der Waals surface area contributed by atoms with Crippen LogP contribution in [-0.4, -0.2) is 25.5 Å². The first-order valence-electron chi connectivity index (χ1n) is 6.64. The molecule has 0 aromatic heterocycles. The third kappa shape index (κ3) is 4.83. The fourth-order valence-corrected chi connectivity index (χ4v) is 2.11. The van der Waals surface area contributed by atoms with Crippen LogP contribution in [0, 0.1) is 5.82 Å². The molecule has 0 aliphatic carbocycles. The monoisotopic (exact) mass is 262 g/mol. The summed E-state index contributed by atoms with van der Waals surface area (Å²) in [5.41, 5.74) is 2.24. The topological polar surface area (TPSA) is 41.1 Å². The van der Waals surface area contributed by atoms with Crippen LogP contribution < -0.4 is 10.6 Å². The highest BCUT2D eigenvalue weighted by molar-refractivity contribution is 5.78. The Morgan fingerprint density at radius 3 is 2.79 bits per heavy atom. The third-order valence-electron chi connectivity index (χ3n) is 3.20. The maximum Gasteiger partial charge on any atom is 0.224 e. The highest BCUT2D eigenvalue weighted by Crippen LogP contribution is 2.08. The van der Waals surface area contributed by atoms with Gasteiger partial charge in [0, 0.05) is 13.1 Å². The van der Waals surface area contributed by atoms with Gasteiger partial charge in [0.25, 0.3) is 0 Å². The van der Waals surface area contributed by atoms with E-state index >= 15 is 0 Å². The highest BCUT2D eigenvalue weighted by Gasteiger charge is 2.05. The molecule has 1 aliphatic heterocycles. The SMILES string of the molecule is O=C(Cc1ccc(F)cc1)NCCC1=CCNCC1. The summed E-state index contributed by atoms with van der Waals surface area (Å²) in [5, 5.41) is 6.16. The van der Waals surface area contributed by atoms with E-state index in [0.717, 1.165) is 31.5 Å². The van der Waals surface area contributed by atoms with Crippen LogP contribution in [-0.2, 0) is 11.2 Å². The molecule has 0 fully saturated rings. The summed E-state index contributed by atoms with van der Waals surface area (Å²) in [6.07, 6.45) is 4.47. The normalized spacial score (nSPS) is 14.9. The Hall–Kier alpha value is -1.68. The molecule has 0 unspecified atom stereocenters. The summed E-state index contributed by atoms with van der Waals surface area (Å²) in [6.45, 7) is 2.63. The largest absolute Gasteiger partial charge is 0.355 e. The molecule has 1 aliphatic rings. The van der Waals surface area contributed by atoms with Crippen molar-refractivity contribution in [2.75, 3.05) is 19.6 Å². The summed E-state index contributed by atoms with van der Waals surface area (Å²) in [5.74, 6) is -0.289. The van der Waals surface area contributed by atoms with Crippen molar-refractivity contribution in [3.63, 3.8) is 0 Å². The van der Waals surface area contributed by atoms with E-state index in [0.29, 0.717) is 13.0 Å². The third-order valence-corrected chi connectivity index (χ3v) is 3.20. The molecule has 2 N–H and O–H groups in total. The lowest BCUT2D eigenvalue weighted by Crippen LogP contribution is -2.27. The molecule has 0 radical (unpaired) electrons. The second kappa shape index (κ2) is 7.04. The van der Waals surface area contributed by atoms with Crippen LogP contribution >= 0.6 is 0 Å². The van der Waals surface area contributed by atoms with Crippen LogP contribution in [0.4, 0.5) is 4.39 Å². The minimum absolute atomic E-state index is 0.0128. The van der Waals surface area contributed by atoms with E-state index in [-0.39, 0.29) is 11.7 Å². The Morgan fingerprint density at radius 1 is 1.32 bits per heavy atom. The minimum Gasteiger partial charge on any atom is -0.355 e. The Balaban J connectivity index is 1.69. The molecule has 1 aromatic carbocycles. The van der Waals surface area contributed by atoms with Crippen molar-refractivity contribution < 1.29 is 9.18 Å². The van der Waals surface area contributed by atoms with Gasteiger partial charge in [-0.1, -0.05) is 23.8 Å². The number of benzene rings is 1. The maximum absolute atomic E-state index is 12.7. The van der Waals surface area contributed by atoms with Crippen LogP contribution in [0.25, 0.3) is 0 Å². The molecule has 0 saturated heterocycles. The number of carbonyl (C=O) groups is 1. The van der Waals surface area contributed by atoms with Crippen LogP contribution in [0.3, 0.4) is 0 Å². The molecular formula is C15H19FN2O. The smallest absolute Gasteiger partial charge is 0.224 e. The molecule has 1 amide bonds. The lowest BCUT2D eigenvalue weighted by atomic mass is 10.1. The second-order valence-corrected chi connectivity index (χ2v) is 4.72. The van der Waals surface area contributed by atoms with Crippen LogP contribution in [0.15, 0.2) is 35.9 Å². The summed E-state index contributed by atoms with van der Waals surface area (Å²) in [7, 11) is 0. The lowest BCUT2D eigenvalue weighted by molar-refractivity contribution is -0.120. The number of rotatable bonds is 5. The Bertz CT molecular complexity index is 454. The molecular weight excluding hydrogens is 243 g/mol. The van der Waals surface area contributed by atoms with Crippen molar-refractivity contribution in [1.29, 1.82) is 0 Å². The number of carbonyl (C=O) groups excluding carboxylic acids is 1. The van der Waals surface area contributed by atoms with E-state index in [4.69, 9.17) is 0 Å². The van der Waals surface area contributed by atoms with Gasteiger partial charge in [-0.15, -0.1) is 0 Å². The zero-order valence-electron chi connectivity index (χ0n) is 10.9. The van der Waals surface area contributed by atoms with Gasteiger partial charge in [0.1, 0.15) is 5.82 Å². The van der Waals surface area contributed by atoms with Gasteiger partial charge in [0.05, 0.1) is 6.42 Å². The summed E-state index contributed by atoms with van der Waals surface area (Å²) >= 11 is 0. The van der Waals surface area contributed by atoms with Crippen molar-refractivity contribution in [2.24, 2.45) is 0 Å². The molecule has 19 heavy (non-hydrogen) atoms. The van der Waals surface area contributed by atoms with Gasteiger partial charge in [0.15, 0.2) is 0 Å². The zero-order chi connectivity index (χ0) is 13.5. The number of amides is 1. The van der Waals surface area contributed by atoms with Crippen molar-refractivity contribution >= 4 is 5.91 Å². The molecule has 0 saturated carbocycles. The molecule has 0 bridgehead atoms. The van der Waals surface area contributed by atoms with Gasteiger partial charge in [-0.25, -0.2) is 4.39 Å². The fourth-order valence-electron chi connectivity index (χ4n) is 2.11. The van der Waals surface area contributed by atoms with E-state index in [1.54, 1.807) is 12.1 Å². The van der Waals surface area contributed by atoms with E-state index < -0.39 is 0 Å². The standard InChI is InChI=1S/C15H19FN2O/c16-14-3-1-13(2-4-14)11-15(19)18-10-7-12-5-8-17-9-6-12/h1-5,17H,6-11H2,(H,18,19). The van der Waals surface area contributed by atoms with Gasteiger partial charge < -0.3 is 10.6 Å². The first-order valence-corrected chi connectivity index (χ1v) is 6.64. The molecule has 3 nitrogen and oxygen atoms in total. The molecule has 0 atom stereocenters. The average molecular weight is 262 g/mol. The molecule has 102 valence electrons. The number of halogens is 1. The van der Waals surface area contributed by atoms with E-state index in [2.05, 4.69) is 16.7 Å². The molecule has 0 spiro atoms. The summed E-state index contributed by atoms with van der Waals surface area (Å²) in [4.78, 5) is 11.7. The second-order valence-electron chi connectivity index (χ2n) is 4.72. The Labute approximate surface area is 112 Å². The van der Waals surface area contributed by atoms with Crippen molar-refractivity contribution in [2.45, 2.75) is 19.3 Å². The molecule has 1 aromatic rings. The fraction of sp³-hybridized carbons (Fsp3) is 0.400. The van der Waals surface area contributed by atoms with Gasteiger partial charge in [-0.2, -0.15) is 0 Å². The summed E-state index contributed by atoms with van der Waals surface area (Å²) < 4.78 is 12.7. The van der Waals surface area contributed by atoms with Crippen molar-refractivity contribution in [1.82, 2.24) is 10.6 Å². The minimum atomic E-state index is -0.276. The molecule has 1 heterocycles. The highest BCUT2D eigenvalue weighted by atomic mass is 19.1. The van der Waals surface area contributed by atoms with Crippen molar-refractivity contribution in [3.8, 4) is 0 Å². The van der Waals surface area contributed by atoms with Gasteiger partial charge in [-0.3, -0.25) is 4.79 Å². The molecule has 4 heteroatoms. The predicted molar refractivity (Wildman–Crippen MR) is 73.3 cm³/mol.